The van der Waals surface area contributed by atoms with Gasteiger partial charge in [-0.05, 0) is 44.0 Å². The number of para-hydroxylation sites is 1. The minimum atomic E-state index is -1.01. The van der Waals surface area contributed by atoms with Gasteiger partial charge in [0.15, 0.2) is 11.4 Å². The van der Waals surface area contributed by atoms with Crippen LogP contribution in [0.5, 0.6) is 11.9 Å². The minimum Gasteiger partial charge on any atom is -0.480 e. The van der Waals surface area contributed by atoms with Crippen LogP contribution in [0, 0.1) is 11.8 Å². The second-order valence-corrected chi connectivity index (χ2v) is 12.5. The molecule has 0 unspecified atom stereocenters. The van der Waals surface area contributed by atoms with Gasteiger partial charge in [-0.3, -0.25) is 4.68 Å². The number of benzene rings is 1. The van der Waals surface area contributed by atoms with Crippen molar-refractivity contribution in [3.05, 3.63) is 60.0 Å². The van der Waals surface area contributed by atoms with Gasteiger partial charge < -0.3 is 38.3 Å². The molecule has 8 rings (SSSR count). The first kappa shape index (κ1) is 30.9. The molecule has 49 heavy (non-hydrogen) atoms. The van der Waals surface area contributed by atoms with E-state index in [1.54, 1.807) is 15.8 Å². The van der Waals surface area contributed by atoms with Gasteiger partial charge in [0, 0.05) is 43.4 Å². The Kier molecular flexibility index (Phi) is 7.73. The molecule has 1 N–H and O–H groups in total. The van der Waals surface area contributed by atoms with Crippen molar-refractivity contribution in [1.29, 1.82) is 0 Å². The van der Waals surface area contributed by atoms with E-state index in [9.17, 15) is 9.90 Å². The molecule has 0 radical (unpaired) electrons. The van der Waals surface area contributed by atoms with Crippen LogP contribution in [0.2, 0.25) is 0 Å². The third kappa shape index (κ3) is 5.54. The number of hydrogen-bond acceptors (Lipinski definition) is 12. The quantitative estimate of drug-likeness (QED) is 0.253. The second-order valence-electron chi connectivity index (χ2n) is 12.5. The summed E-state index contributed by atoms with van der Waals surface area (Å²) in [5, 5.41) is 15.6. The van der Waals surface area contributed by atoms with Gasteiger partial charge in [0.2, 0.25) is 5.88 Å². The highest BCUT2D eigenvalue weighted by molar-refractivity contribution is 6.06. The summed E-state index contributed by atoms with van der Waals surface area (Å²) < 4.78 is 32.0. The van der Waals surface area contributed by atoms with Crippen molar-refractivity contribution in [2.45, 2.75) is 44.1 Å². The number of aromatic nitrogens is 5. The molecule has 4 aromatic heterocycles. The van der Waals surface area contributed by atoms with Crippen molar-refractivity contribution < 1.29 is 33.3 Å². The highest BCUT2D eigenvalue weighted by Gasteiger charge is 2.50. The van der Waals surface area contributed by atoms with Gasteiger partial charge >= 0.3 is 12.0 Å². The molecule has 14 heteroatoms. The summed E-state index contributed by atoms with van der Waals surface area (Å²) in [7, 11) is 1.85. The zero-order valence-electron chi connectivity index (χ0n) is 27.3. The van der Waals surface area contributed by atoms with E-state index in [2.05, 4.69) is 38.7 Å². The molecule has 0 amide bonds. The number of nitrogens with zero attached hydrogens (tertiary/aromatic N) is 7. The lowest BCUT2D eigenvalue weighted by molar-refractivity contribution is -0.228. The molecule has 1 aromatic carbocycles. The van der Waals surface area contributed by atoms with Crippen LogP contribution < -0.4 is 19.3 Å². The summed E-state index contributed by atoms with van der Waals surface area (Å²) in [5.74, 6) is 6.01. The highest BCUT2D eigenvalue weighted by Crippen LogP contribution is 2.41. The monoisotopic (exact) mass is 665 g/mol. The third-order valence-electron chi connectivity index (χ3n) is 9.39. The number of carboxylic acid groups (broad SMARTS) is 1. The van der Waals surface area contributed by atoms with Gasteiger partial charge in [-0.15, -0.1) is 0 Å². The van der Waals surface area contributed by atoms with Crippen LogP contribution in [0.1, 0.15) is 31.5 Å². The van der Waals surface area contributed by atoms with E-state index in [0.29, 0.717) is 72.6 Å². The molecular formula is C35H35N7O7. The van der Waals surface area contributed by atoms with E-state index in [0.717, 1.165) is 11.1 Å². The number of rotatable bonds is 7. The van der Waals surface area contributed by atoms with Gasteiger partial charge in [0.25, 0.3) is 0 Å². The normalized spacial score (nSPS) is 21.5. The van der Waals surface area contributed by atoms with Crippen molar-refractivity contribution >= 4 is 39.5 Å². The topological polar surface area (TPSA) is 150 Å². The number of fused-ring (bicyclic) bond motifs is 3. The van der Waals surface area contributed by atoms with Crippen molar-refractivity contribution in [1.82, 2.24) is 24.7 Å². The van der Waals surface area contributed by atoms with E-state index < -0.39 is 23.7 Å². The number of anilines is 2. The fraction of sp³-hybridized carbons (Fsp3) is 0.400. The number of morpholine rings is 1. The summed E-state index contributed by atoms with van der Waals surface area (Å²) >= 11 is 0. The molecule has 1 spiro atoms. The number of carbonyl (C=O) groups is 1. The van der Waals surface area contributed by atoms with Gasteiger partial charge in [-0.1, -0.05) is 18.1 Å². The molecule has 3 fully saturated rings. The van der Waals surface area contributed by atoms with Gasteiger partial charge in [0.05, 0.1) is 39.0 Å². The van der Waals surface area contributed by atoms with Crippen molar-refractivity contribution in [3.8, 4) is 23.7 Å². The van der Waals surface area contributed by atoms with Gasteiger partial charge in [0.1, 0.15) is 40.2 Å². The first-order chi connectivity index (χ1) is 23.8. The Labute approximate surface area is 281 Å². The summed E-state index contributed by atoms with van der Waals surface area (Å²) in [6, 6.07) is 10.5. The summed E-state index contributed by atoms with van der Waals surface area (Å²) in [4.78, 5) is 30.6. The highest BCUT2D eigenvalue weighted by atomic mass is 16.6. The lowest BCUT2D eigenvalue weighted by Gasteiger charge is -2.53. The Hall–Kier alpha value is -5.39. The van der Waals surface area contributed by atoms with Crippen LogP contribution in [-0.4, -0.2) is 99.1 Å². The Balaban J connectivity index is 1.15. The lowest BCUT2D eigenvalue weighted by atomic mass is 9.90. The SMILES string of the molecule is CCOc1nc(N2C[C@@H](Oc3ncc(C#Cc4ccn(C)n4)cc3N3CCOC4(COC4)[C@@H]3C)C[C@H]2C(=O)O)c2oc3ccccc3c2n1. The van der Waals surface area contributed by atoms with Crippen molar-refractivity contribution in [2.24, 2.45) is 7.05 Å². The number of aryl methyl sites for hydroxylation is 1. The van der Waals surface area contributed by atoms with Crippen LogP contribution >= 0.6 is 0 Å². The molecular weight excluding hydrogens is 630 g/mol. The van der Waals surface area contributed by atoms with E-state index in [1.807, 2.05) is 56.6 Å². The lowest BCUT2D eigenvalue weighted by Crippen LogP contribution is -2.68. The molecule has 0 bridgehead atoms. The zero-order valence-corrected chi connectivity index (χ0v) is 27.3. The molecule has 14 nitrogen and oxygen atoms in total. The third-order valence-corrected chi connectivity index (χ3v) is 9.39. The Bertz CT molecular complexity index is 2110. The van der Waals surface area contributed by atoms with Crippen molar-refractivity contribution in [3.63, 3.8) is 0 Å². The Morgan fingerprint density at radius 3 is 2.78 bits per heavy atom. The van der Waals surface area contributed by atoms with Crippen LogP contribution in [0.3, 0.4) is 0 Å². The largest absolute Gasteiger partial charge is 0.480 e. The van der Waals surface area contributed by atoms with E-state index in [-0.39, 0.29) is 25.0 Å². The van der Waals surface area contributed by atoms with Gasteiger partial charge in [-0.25, -0.2) is 9.78 Å². The van der Waals surface area contributed by atoms with Crippen molar-refractivity contribution in [2.75, 3.05) is 49.3 Å². The number of furan rings is 1. The van der Waals surface area contributed by atoms with Crippen LogP contribution in [0.4, 0.5) is 11.5 Å². The number of pyridine rings is 1. The molecule has 7 heterocycles. The second kappa shape index (κ2) is 12.2. The van der Waals surface area contributed by atoms with Gasteiger partial charge in [-0.2, -0.15) is 15.1 Å². The molecule has 3 atom stereocenters. The maximum Gasteiger partial charge on any atom is 0.326 e. The number of ether oxygens (including phenoxy) is 4. The Morgan fingerprint density at radius 2 is 2.02 bits per heavy atom. The first-order valence-corrected chi connectivity index (χ1v) is 16.3. The number of aliphatic carboxylic acids is 1. The molecule has 0 saturated carbocycles. The zero-order chi connectivity index (χ0) is 33.7. The molecule has 252 valence electrons. The van der Waals surface area contributed by atoms with Crippen LogP contribution in [0.15, 0.2) is 53.2 Å². The maximum absolute atomic E-state index is 12.7. The fourth-order valence-electron chi connectivity index (χ4n) is 6.78. The smallest absolute Gasteiger partial charge is 0.326 e. The minimum absolute atomic E-state index is 0.0376. The van der Waals surface area contributed by atoms with Crippen LogP contribution in [0.25, 0.3) is 22.1 Å². The van der Waals surface area contributed by atoms with E-state index >= 15 is 0 Å². The number of carboxylic acids is 1. The predicted molar refractivity (Wildman–Crippen MR) is 178 cm³/mol. The summed E-state index contributed by atoms with van der Waals surface area (Å²) in [6.07, 6.45) is 3.15. The molecule has 5 aromatic rings. The Morgan fingerprint density at radius 1 is 1.16 bits per heavy atom. The summed E-state index contributed by atoms with van der Waals surface area (Å²) in [5.41, 5.74) is 3.23. The average molecular weight is 666 g/mol. The first-order valence-electron chi connectivity index (χ1n) is 16.3. The molecule has 3 aliphatic rings. The molecule has 3 aliphatic heterocycles. The number of hydrogen-bond donors (Lipinski definition) is 1. The predicted octanol–water partition coefficient (Wildman–Crippen LogP) is 3.41. The maximum atomic E-state index is 12.7. The summed E-state index contributed by atoms with van der Waals surface area (Å²) in [6.45, 7) is 6.64. The van der Waals surface area contributed by atoms with E-state index in [1.165, 1.54) is 0 Å². The average Bonchev–Trinajstić information content (AvgIpc) is 3.80. The standard InChI is InChI=1S/C35H35N7O7/c1-4-46-34-37-29-25-7-5-6-8-28(25)49-30(29)31(38-34)42-18-24(16-27(42)33(43)44)48-32-26(41-13-14-47-35(21(41)2)19-45-20-35)15-22(17-36-32)9-10-23-11-12-40(3)39-23/h5-8,11-12,15,17,21,24,27H,4,13-14,16,18-20H2,1-3H3,(H,43,44)/t21-,24-,27-/m0/s1. The molecule has 0 aliphatic carbocycles. The van der Waals surface area contributed by atoms with Crippen LogP contribution in [-0.2, 0) is 21.3 Å². The van der Waals surface area contributed by atoms with E-state index in [4.69, 9.17) is 28.3 Å². The fourth-order valence-corrected chi connectivity index (χ4v) is 6.78. The molecule has 3 saturated heterocycles.